The molecule has 1 heterocycles. The summed E-state index contributed by atoms with van der Waals surface area (Å²) < 4.78 is 29.8. The first-order chi connectivity index (χ1) is 14.2. The van der Waals surface area contributed by atoms with Gasteiger partial charge >= 0.3 is 6.03 Å². The first-order valence-corrected chi connectivity index (χ1v) is 9.74. The number of urea groups is 1. The Labute approximate surface area is 170 Å². The Bertz CT molecular complexity index is 815. The number of methoxy groups -OCH3 is 1. The first-order valence-electron chi connectivity index (χ1n) is 9.74. The molecule has 0 bridgehead atoms. The van der Waals surface area contributed by atoms with Crippen molar-refractivity contribution in [1.82, 2.24) is 10.2 Å². The SMILES string of the molecule is COCCCNC(=O)N1CCOc2ccc(COCc3cccc(F)c3)cc2C1. The van der Waals surface area contributed by atoms with E-state index in [9.17, 15) is 9.18 Å². The summed E-state index contributed by atoms with van der Waals surface area (Å²) >= 11 is 0. The van der Waals surface area contributed by atoms with Crippen LogP contribution in [0.25, 0.3) is 0 Å². The summed E-state index contributed by atoms with van der Waals surface area (Å²) in [5.41, 5.74) is 2.71. The number of halogens is 1. The normalized spacial score (nSPS) is 13.4. The minimum atomic E-state index is -0.270. The fraction of sp³-hybridized carbons (Fsp3) is 0.409. The van der Waals surface area contributed by atoms with Gasteiger partial charge in [-0.1, -0.05) is 18.2 Å². The Morgan fingerprint density at radius 2 is 2.03 bits per heavy atom. The van der Waals surface area contributed by atoms with Gasteiger partial charge in [-0.15, -0.1) is 0 Å². The predicted octanol–water partition coefficient (Wildman–Crippen LogP) is 3.48. The fourth-order valence-electron chi connectivity index (χ4n) is 3.15. The highest BCUT2D eigenvalue weighted by Gasteiger charge is 2.20. The van der Waals surface area contributed by atoms with Crippen LogP contribution in [0.2, 0.25) is 0 Å². The summed E-state index contributed by atoms with van der Waals surface area (Å²) in [6.45, 7) is 3.37. The number of hydrogen-bond acceptors (Lipinski definition) is 4. The Hall–Kier alpha value is -2.64. The lowest BCUT2D eigenvalue weighted by molar-refractivity contribution is 0.107. The maximum Gasteiger partial charge on any atom is 0.317 e. The molecule has 2 aromatic carbocycles. The Balaban J connectivity index is 1.56. The predicted molar refractivity (Wildman–Crippen MR) is 107 cm³/mol. The van der Waals surface area contributed by atoms with E-state index in [4.69, 9.17) is 14.2 Å². The standard InChI is InChI=1S/C22H27FN2O4/c1-27-10-3-8-24-22(26)25-9-11-29-21-7-6-18(12-19(21)14-25)16-28-15-17-4-2-5-20(23)13-17/h2,4-7,12-13H,3,8-11,14-16H2,1H3,(H,24,26). The van der Waals surface area contributed by atoms with Gasteiger partial charge in [-0.25, -0.2) is 9.18 Å². The molecule has 3 rings (SSSR count). The Morgan fingerprint density at radius 1 is 1.21 bits per heavy atom. The lowest BCUT2D eigenvalue weighted by atomic mass is 10.1. The molecule has 7 heteroatoms. The number of rotatable bonds is 8. The van der Waals surface area contributed by atoms with Crippen molar-refractivity contribution in [3.63, 3.8) is 0 Å². The first kappa shape index (κ1) is 21.1. The number of ether oxygens (including phenoxy) is 3. The van der Waals surface area contributed by atoms with E-state index in [0.717, 1.165) is 28.9 Å². The van der Waals surface area contributed by atoms with Crippen molar-refractivity contribution in [2.24, 2.45) is 0 Å². The number of fused-ring (bicyclic) bond motifs is 1. The fourth-order valence-corrected chi connectivity index (χ4v) is 3.15. The number of nitrogens with one attached hydrogen (secondary N) is 1. The lowest BCUT2D eigenvalue weighted by Crippen LogP contribution is -2.41. The maximum atomic E-state index is 13.2. The molecule has 2 aromatic rings. The molecule has 0 radical (unpaired) electrons. The molecule has 0 aliphatic carbocycles. The third kappa shape index (κ3) is 6.44. The molecule has 156 valence electrons. The van der Waals surface area contributed by atoms with E-state index >= 15 is 0 Å². The average molecular weight is 402 g/mol. The summed E-state index contributed by atoms with van der Waals surface area (Å²) in [4.78, 5) is 14.2. The van der Waals surface area contributed by atoms with E-state index in [1.807, 2.05) is 24.3 Å². The third-order valence-electron chi connectivity index (χ3n) is 4.62. The van der Waals surface area contributed by atoms with Crippen molar-refractivity contribution < 1.29 is 23.4 Å². The Morgan fingerprint density at radius 3 is 2.83 bits per heavy atom. The molecule has 1 aliphatic rings. The van der Waals surface area contributed by atoms with Gasteiger partial charge in [-0.2, -0.15) is 0 Å². The highest BCUT2D eigenvalue weighted by atomic mass is 19.1. The minimum absolute atomic E-state index is 0.106. The number of carbonyl (C=O) groups is 1. The van der Waals surface area contributed by atoms with Gasteiger partial charge in [0, 0.05) is 25.8 Å². The van der Waals surface area contributed by atoms with E-state index in [0.29, 0.717) is 46.1 Å². The second-order valence-corrected chi connectivity index (χ2v) is 6.91. The average Bonchev–Trinajstić information content (AvgIpc) is 2.93. The topological polar surface area (TPSA) is 60.0 Å². The van der Waals surface area contributed by atoms with Gasteiger partial charge in [0.05, 0.1) is 26.3 Å². The van der Waals surface area contributed by atoms with Gasteiger partial charge in [0.2, 0.25) is 0 Å². The Kier molecular flexibility index (Phi) is 7.84. The molecule has 1 N–H and O–H groups in total. The molecule has 0 saturated carbocycles. The van der Waals surface area contributed by atoms with Crippen molar-refractivity contribution in [3.8, 4) is 5.75 Å². The molecule has 0 atom stereocenters. The van der Waals surface area contributed by atoms with E-state index < -0.39 is 0 Å². The summed E-state index contributed by atoms with van der Waals surface area (Å²) in [5, 5.41) is 2.91. The van der Waals surface area contributed by atoms with Crippen LogP contribution in [0.4, 0.5) is 9.18 Å². The van der Waals surface area contributed by atoms with Gasteiger partial charge in [-0.05, 0) is 41.8 Å². The van der Waals surface area contributed by atoms with Crippen molar-refractivity contribution >= 4 is 6.03 Å². The van der Waals surface area contributed by atoms with Gasteiger partial charge in [0.25, 0.3) is 0 Å². The van der Waals surface area contributed by atoms with Crippen LogP contribution in [0.3, 0.4) is 0 Å². The molecular formula is C22H27FN2O4. The van der Waals surface area contributed by atoms with Crippen LogP contribution in [0.1, 0.15) is 23.1 Å². The molecule has 0 spiro atoms. The molecule has 0 fully saturated rings. The van der Waals surface area contributed by atoms with Gasteiger partial charge in [-0.3, -0.25) is 0 Å². The molecule has 2 amide bonds. The van der Waals surface area contributed by atoms with Gasteiger partial charge in [0.1, 0.15) is 18.2 Å². The lowest BCUT2D eigenvalue weighted by Gasteiger charge is -2.20. The van der Waals surface area contributed by atoms with Crippen molar-refractivity contribution in [2.45, 2.75) is 26.2 Å². The molecule has 1 aliphatic heterocycles. The van der Waals surface area contributed by atoms with Crippen molar-refractivity contribution in [2.75, 3.05) is 33.4 Å². The highest BCUT2D eigenvalue weighted by Crippen LogP contribution is 2.25. The zero-order valence-corrected chi connectivity index (χ0v) is 16.7. The zero-order valence-electron chi connectivity index (χ0n) is 16.7. The van der Waals surface area contributed by atoms with Crippen LogP contribution >= 0.6 is 0 Å². The number of amides is 2. The molecule has 0 aromatic heterocycles. The van der Waals surface area contributed by atoms with Crippen molar-refractivity contribution in [3.05, 3.63) is 65.0 Å². The molecule has 0 saturated heterocycles. The van der Waals surface area contributed by atoms with Crippen LogP contribution in [0.5, 0.6) is 5.75 Å². The number of nitrogens with zero attached hydrogens (tertiary/aromatic N) is 1. The quantitative estimate of drug-likeness (QED) is 0.687. The smallest absolute Gasteiger partial charge is 0.317 e. The largest absolute Gasteiger partial charge is 0.491 e. The second kappa shape index (κ2) is 10.8. The summed E-state index contributed by atoms with van der Waals surface area (Å²) in [5.74, 6) is 0.516. The van der Waals surface area contributed by atoms with E-state index in [1.54, 1.807) is 18.1 Å². The highest BCUT2D eigenvalue weighted by molar-refractivity contribution is 5.74. The molecule has 29 heavy (non-hydrogen) atoms. The van der Waals surface area contributed by atoms with Crippen LogP contribution < -0.4 is 10.1 Å². The maximum absolute atomic E-state index is 13.2. The second-order valence-electron chi connectivity index (χ2n) is 6.91. The van der Waals surface area contributed by atoms with Crippen LogP contribution in [-0.2, 0) is 29.2 Å². The van der Waals surface area contributed by atoms with Gasteiger partial charge < -0.3 is 24.4 Å². The van der Waals surface area contributed by atoms with Crippen LogP contribution in [0.15, 0.2) is 42.5 Å². The molecule has 0 unspecified atom stereocenters. The van der Waals surface area contributed by atoms with Gasteiger partial charge in [0.15, 0.2) is 0 Å². The van der Waals surface area contributed by atoms with E-state index in [1.165, 1.54) is 12.1 Å². The summed E-state index contributed by atoms with van der Waals surface area (Å²) in [6, 6.07) is 12.1. The molecular weight excluding hydrogens is 375 g/mol. The van der Waals surface area contributed by atoms with Crippen LogP contribution in [-0.4, -0.2) is 44.3 Å². The monoisotopic (exact) mass is 402 g/mol. The van der Waals surface area contributed by atoms with E-state index in [2.05, 4.69) is 5.32 Å². The number of benzene rings is 2. The number of carbonyl (C=O) groups excluding carboxylic acids is 1. The zero-order chi connectivity index (χ0) is 20.5. The minimum Gasteiger partial charge on any atom is -0.491 e. The summed E-state index contributed by atoms with van der Waals surface area (Å²) in [7, 11) is 1.64. The summed E-state index contributed by atoms with van der Waals surface area (Å²) in [6.07, 6.45) is 0.774. The van der Waals surface area contributed by atoms with Crippen LogP contribution in [0, 0.1) is 5.82 Å². The third-order valence-corrected chi connectivity index (χ3v) is 4.62. The number of hydrogen-bond donors (Lipinski definition) is 1. The van der Waals surface area contributed by atoms with Crippen molar-refractivity contribution in [1.29, 1.82) is 0 Å². The molecule has 6 nitrogen and oxygen atoms in total. The van der Waals surface area contributed by atoms with E-state index in [-0.39, 0.29) is 11.8 Å².